The van der Waals surface area contributed by atoms with Gasteiger partial charge in [0.2, 0.25) is 0 Å². The summed E-state index contributed by atoms with van der Waals surface area (Å²) in [5.41, 5.74) is 3.30. The second-order valence-corrected chi connectivity index (χ2v) is 6.83. The van der Waals surface area contributed by atoms with Crippen LogP contribution in [0.5, 0.6) is 5.75 Å². The van der Waals surface area contributed by atoms with Crippen LogP contribution in [0, 0.1) is 0 Å². The van der Waals surface area contributed by atoms with Crippen LogP contribution < -0.4 is 4.74 Å². The third-order valence-corrected chi connectivity index (χ3v) is 5.07. The minimum Gasteiger partial charge on any atom is -0.497 e. The molecule has 0 radical (unpaired) electrons. The van der Waals surface area contributed by atoms with E-state index in [1.165, 1.54) is 0 Å². The fourth-order valence-electron chi connectivity index (χ4n) is 3.51. The number of hydrogen-bond acceptors (Lipinski definition) is 6. The molecule has 1 saturated heterocycles. The molecule has 1 aromatic carbocycles. The highest BCUT2D eigenvalue weighted by atomic mass is 16.5. The highest BCUT2D eigenvalue weighted by Crippen LogP contribution is 2.27. The summed E-state index contributed by atoms with van der Waals surface area (Å²) in [6.45, 7) is 3.02. The van der Waals surface area contributed by atoms with E-state index in [2.05, 4.69) is 24.8 Å². The second kappa shape index (κ2) is 8.22. The molecule has 3 aromatic rings. The minimum absolute atomic E-state index is 0.540. The maximum Gasteiger partial charge on any atom is 0.159 e. The third kappa shape index (κ3) is 4.28. The van der Waals surface area contributed by atoms with Gasteiger partial charge < -0.3 is 4.74 Å². The van der Waals surface area contributed by atoms with Crippen molar-refractivity contribution in [3.8, 4) is 17.1 Å². The van der Waals surface area contributed by atoms with Gasteiger partial charge in [0.1, 0.15) is 12.1 Å². The molecular weight excluding hydrogens is 338 g/mol. The lowest BCUT2D eigenvalue weighted by Crippen LogP contribution is -2.32. The first-order valence-electron chi connectivity index (χ1n) is 9.25. The van der Waals surface area contributed by atoms with Crippen LogP contribution in [0.25, 0.3) is 11.4 Å². The molecule has 0 atom stereocenters. The number of likely N-dealkylation sites (tertiary alicyclic amines) is 1. The number of piperidine rings is 1. The van der Waals surface area contributed by atoms with Crippen LogP contribution >= 0.6 is 0 Å². The SMILES string of the molecule is COc1ccc(-c2ncc(CN3CCC(c4ccncn4)CC3)cn2)cc1. The van der Waals surface area contributed by atoms with E-state index in [1.54, 1.807) is 13.4 Å². The molecule has 0 N–H and O–H groups in total. The summed E-state index contributed by atoms with van der Waals surface area (Å²) in [6, 6.07) is 9.84. The zero-order chi connectivity index (χ0) is 18.5. The first-order valence-corrected chi connectivity index (χ1v) is 9.25. The molecule has 0 unspecified atom stereocenters. The van der Waals surface area contributed by atoms with Gasteiger partial charge in [-0.15, -0.1) is 0 Å². The fourth-order valence-corrected chi connectivity index (χ4v) is 3.51. The number of hydrogen-bond donors (Lipinski definition) is 0. The van der Waals surface area contributed by atoms with E-state index in [0.717, 1.165) is 60.9 Å². The molecule has 1 aliphatic rings. The standard InChI is InChI=1S/C21H23N5O/c1-27-19-4-2-18(3-5-19)21-23-12-16(13-24-21)14-26-10-7-17(8-11-26)20-6-9-22-15-25-20/h2-6,9,12-13,15,17H,7-8,10-11,14H2,1H3. The summed E-state index contributed by atoms with van der Waals surface area (Å²) in [7, 11) is 1.66. The molecule has 27 heavy (non-hydrogen) atoms. The van der Waals surface area contributed by atoms with Gasteiger partial charge in [0.05, 0.1) is 7.11 Å². The first kappa shape index (κ1) is 17.5. The lowest BCUT2D eigenvalue weighted by atomic mass is 9.93. The molecule has 4 rings (SSSR count). The molecule has 0 aliphatic carbocycles. The van der Waals surface area contributed by atoms with Crippen LogP contribution in [0.4, 0.5) is 0 Å². The predicted octanol–water partition coefficient (Wildman–Crippen LogP) is 3.32. The van der Waals surface area contributed by atoms with Gasteiger partial charge in [0, 0.05) is 47.9 Å². The Bertz CT molecular complexity index is 844. The topological polar surface area (TPSA) is 64.0 Å². The molecule has 6 heteroatoms. The summed E-state index contributed by atoms with van der Waals surface area (Å²) < 4.78 is 5.19. The highest BCUT2D eigenvalue weighted by Gasteiger charge is 2.21. The fraction of sp³-hybridized carbons (Fsp3) is 0.333. The maximum atomic E-state index is 5.19. The van der Waals surface area contributed by atoms with E-state index in [4.69, 9.17) is 4.74 Å². The Morgan fingerprint density at radius 1 is 1.00 bits per heavy atom. The van der Waals surface area contributed by atoms with Crippen LogP contribution in [0.2, 0.25) is 0 Å². The normalized spacial score (nSPS) is 15.6. The van der Waals surface area contributed by atoms with Gasteiger partial charge in [0.15, 0.2) is 5.82 Å². The zero-order valence-electron chi connectivity index (χ0n) is 15.5. The number of aromatic nitrogens is 4. The van der Waals surface area contributed by atoms with E-state index in [-0.39, 0.29) is 0 Å². The van der Waals surface area contributed by atoms with E-state index >= 15 is 0 Å². The Morgan fingerprint density at radius 3 is 2.37 bits per heavy atom. The average molecular weight is 361 g/mol. The van der Waals surface area contributed by atoms with Crippen LogP contribution in [0.1, 0.15) is 30.0 Å². The Hall–Kier alpha value is -2.86. The van der Waals surface area contributed by atoms with Gasteiger partial charge in [-0.25, -0.2) is 19.9 Å². The van der Waals surface area contributed by atoms with Crippen molar-refractivity contribution >= 4 is 0 Å². The van der Waals surface area contributed by atoms with Crippen LogP contribution in [0.15, 0.2) is 55.2 Å². The smallest absolute Gasteiger partial charge is 0.159 e. The Morgan fingerprint density at radius 2 is 1.74 bits per heavy atom. The van der Waals surface area contributed by atoms with E-state index in [1.807, 2.05) is 48.9 Å². The number of rotatable bonds is 5. The molecule has 138 valence electrons. The monoisotopic (exact) mass is 361 g/mol. The van der Waals surface area contributed by atoms with E-state index in [0.29, 0.717) is 5.92 Å². The number of benzene rings is 1. The van der Waals surface area contributed by atoms with Gasteiger partial charge in [0.25, 0.3) is 0 Å². The summed E-state index contributed by atoms with van der Waals surface area (Å²) in [6.07, 6.45) is 9.59. The summed E-state index contributed by atoms with van der Waals surface area (Å²) in [4.78, 5) is 19.9. The largest absolute Gasteiger partial charge is 0.497 e. The molecular formula is C21H23N5O. The average Bonchev–Trinajstić information content (AvgIpc) is 2.76. The maximum absolute atomic E-state index is 5.19. The van der Waals surface area contributed by atoms with Gasteiger partial charge >= 0.3 is 0 Å². The molecule has 2 aromatic heterocycles. The summed E-state index contributed by atoms with van der Waals surface area (Å²) in [5, 5.41) is 0. The van der Waals surface area contributed by atoms with E-state index in [9.17, 15) is 0 Å². The number of nitrogens with zero attached hydrogens (tertiary/aromatic N) is 5. The summed E-state index contributed by atoms with van der Waals surface area (Å²) >= 11 is 0. The number of ether oxygens (including phenoxy) is 1. The first-order chi connectivity index (χ1) is 13.3. The lowest BCUT2D eigenvalue weighted by molar-refractivity contribution is 0.203. The van der Waals surface area contributed by atoms with Crippen molar-refractivity contribution in [3.63, 3.8) is 0 Å². The van der Waals surface area contributed by atoms with Crippen molar-refractivity contribution in [2.24, 2.45) is 0 Å². The molecule has 0 amide bonds. The highest BCUT2D eigenvalue weighted by molar-refractivity contribution is 5.55. The van der Waals surface area contributed by atoms with Crippen molar-refractivity contribution < 1.29 is 4.74 Å². The lowest BCUT2D eigenvalue weighted by Gasteiger charge is -2.31. The van der Waals surface area contributed by atoms with E-state index < -0.39 is 0 Å². The minimum atomic E-state index is 0.540. The van der Waals surface area contributed by atoms with Crippen molar-refractivity contribution in [2.45, 2.75) is 25.3 Å². The molecule has 1 fully saturated rings. The molecule has 6 nitrogen and oxygen atoms in total. The van der Waals surface area contributed by atoms with Gasteiger partial charge in [-0.1, -0.05) is 0 Å². The van der Waals surface area contributed by atoms with Gasteiger partial charge in [-0.05, 0) is 56.3 Å². The van der Waals surface area contributed by atoms with Gasteiger partial charge in [-0.2, -0.15) is 0 Å². The number of methoxy groups -OCH3 is 1. The Balaban J connectivity index is 1.34. The van der Waals surface area contributed by atoms with Crippen LogP contribution in [-0.2, 0) is 6.54 Å². The molecule has 3 heterocycles. The third-order valence-electron chi connectivity index (χ3n) is 5.07. The Labute approximate surface area is 159 Å². The second-order valence-electron chi connectivity index (χ2n) is 6.83. The van der Waals surface area contributed by atoms with Crippen molar-refractivity contribution in [3.05, 3.63) is 66.5 Å². The summed E-state index contributed by atoms with van der Waals surface area (Å²) in [5.74, 6) is 2.11. The van der Waals surface area contributed by atoms with Gasteiger partial charge in [-0.3, -0.25) is 4.90 Å². The van der Waals surface area contributed by atoms with Crippen molar-refractivity contribution in [1.29, 1.82) is 0 Å². The quantitative estimate of drug-likeness (QED) is 0.695. The molecule has 1 aliphatic heterocycles. The predicted molar refractivity (Wildman–Crippen MR) is 103 cm³/mol. The van der Waals surface area contributed by atoms with Crippen molar-refractivity contribution in [2.75, 3.05) is 20.2 Å². The molecule has 0 spiro atoms. The molecule has 0 bridgehead atoms. The van der Waals surface area contributed by atoms with Crippen molar-refractivity contribution in [1.82, 2.24) is 24.8 Å². The van der Waals surface area contributed by atoms with Crippen LogP contribution in [0.3, 0.4) is 0 Å². The van der Waals surface area contributed by atoms with Crippen LogP contribution in [-0.4, -0.2) is 45.0 Å². The zero-order valence-corrected chi connectivity index (χ0v) is 15.5. The molecule has 0 saturated carbocycles. The Kier molecular flexibility index (Phi) is 5.34.